The molecule has 31 heavy (non-hydrogen) atoms. The van der Waals surface area contributed by atoms with Crippen LogP contribution in [0, 0.1) is 10.1 Å². The smallest absolute Gasteiger partial charge is 0.339 e. The van der Waals surface area contributed by atoms with Gasteiger partial charge >= 0.3 is 5.97 Å². The quantitative estimate of drug-likeness (QED) is 0.245. The number of methoxy groups -OCH3 is 1. The number of hydrogen-bond donors (Lipinski definition) is 0. The van der Waals surface area contributed by atoms with Crippen molar-refractivity contribution >= 4 is 22.6 Å². The Labute approximate surface area is 178 Å². The highest BCUT2D eigenvalue weighted by Crippen LogP contribution is 2.27. The number of non-ortho nitro benzene ring substituents is 1. The summed E-state index contributed by atoms with van der Waals surface area (Å²) in [7, 11) is 1.60. The van der Waals surface area contributed by atoms with Gasteiger partial charge in [0.2, 0.25) is 0 Å². The lowest BCUT2D eigenvalue weighted by molar-refractivity contribution is -0.384. The summed E-state index contributed by atoms with van der Waals surface area (Å²) in [4.78, 5) is 27.9. The van der Waals surface area contributed by atoms with Gasteiger partial charge in [-0.3, -0.25) is 10.1 Å². The zero-order valence-corrected chi connectivity index (χ0v) is 16.6. The van der Waals surface area contributed by atoms with E-state index in [0.29, 0.717) is 27.7 Å². The molecular formula is C24H18N2O5. The minimum absolute atomic E-state index is 0.00530. The number of ether oxygens (including phenoxy) is 2. The van der Waals surface area contributed by atoms with Crippen molar-refractivity contribution < 1.29 is 19.2 Å². The van der Waals surface area contributed by atoms with Gasteiger partial charge in [-0.25, -0.2) is 9.78 Å². The van der Waals surface area contributed by atoms with Crippen LogP contribution >= 0.6 is 0 Å². The molecule has 7 nitrogen and oxygen atoms in total. The first-order valence-corrected chi connectivity index (χ1v) is 9.50. The second-order valence-electron chi connectivity index (χ2n) is 6.80. The van der Waals surface area contributed by atoms with Gasteiger partial charge in [-0.15, -0.1) is 0 Å². The molecule has 0 aliphatic carbocycles. The molecule has 4 rings (SSSR count). The molecule has 0 aliphatic heterocycles. The van der Waals surface area contributed by atoms with Crippen molar-refractivity contribution in [3.05, 3.63) is 100 Å². The number of carbonyl (C=O) groups excluding carboxylic acids is 1. The first kappa shape index (κ1) is 20.0. The van der Waals surface area contributed by atoms with Crippen LogP contribution in [0.15, 0.2) is 78.9 Å². The fourth-order valence-corrected chi connectivity index (χ4v) is 3.19. The highest BCUT2D eigenvalue weighted by atomic mass is 16.6. The van der Waals surface area contributed by atoms with Crippen molar-refractivity contribution in [2.24, 2.45) is 0 Å². The molecule has 4 aromatic rings. The van der Waals surface area contributed by atoms with Crippen LogP contribution < -0.4 is 4.74 Å². The van der Waals surface area contributed by atoms with Crippen LogP contribution in [-0.4, -0.2) is 23.0 Å². The minimum atomic E-state index is -0.494. The maximum Gasteiger partial charge on any atom is 0.339 e. The minimum Gasteiger partial charge on any atom is -0.497 e. The molecule has 0 saturated heterocycles. The molecule has 0 fully saturated rings. The molecule has 0 aliphatic rings. The Kier molecular flexibility index (Phi) is 5.57. The largest absolute Gasteiger partial charge is 0.497 e. The molecule has 0 N–H and O–H groups in total. The van der Waals surface area contributed by atoms with Crippen molar-refractivity contribution in [3.8, 4) is 17.0 Å². The Bertz CT molecular complexity index is 1250. The zero-order valence-electron chi connectivity index (χ0n) is 16.6. The highest BCUT2D eigenvalue weighted by Gasteiger charge is 2.16. The zero-order chi connectivity index (χ0) is 21.8. The van der Waals surface area contributed by atoms with Crippen LogP contribution in [0.1, 0.15) is 15.9 Å². The third-order valence-electron chi connectivity index (χ3n) is 4.84. The van der Waals surface area contributed by atoms with Gasteiger partial charge in [0, 0.05) is 23.1 Å². The van der Waals surface area contributed by atoms with Crippen molar-refractivity contribution in [2.75, 3.05) is 7.11 Å². The first-order valence-electron chi connectivity index (χ1n) is 9.50. The van der Waals surface area contributed by atoms with Crippen molar-refractivity contribution in [2.45, 2.75) is 6.61 Å². The summed E-state index contributed by atoms with van der Waals surface area (Å²) in [6.07, 6.45) is 0. The summed E-state index contributed by atoms with van der Waals surface area (Å²) in [6, 6.07) is 22.4. The van der Waals surface area contributed by atoms with Crippen LogP contribution in [0.3, 0.4) is 0 Å². The number of rotatable bonds is 6. The van der Waals surface area contributed by atoms with E-state index in [1.54, 1.807) is 25.3 Å². The molecule has 0 amide bonds. The molecule has 0 radical (unpaired) electrons. The van der Waals surface area contributed by atoms with E-state index < -0.39 is 10.9 Å². The Morgan fingerprint density at radius 1 is 1.00 bits per heavy atom. The van der Waals surface area contributed by atoms with Gasteiger partial charge in [0.25, 0.3) is 5.69 Å². The lowest BCUT2D eigenvalue weighted by Gasteiger charge is -2.11. The van der Waals surface area contributed by atoms with Crippen LogP contribution in [0.25, 0.3) is 22.2 Å². The summed E-state index contributed by atoms with van der Waals surface area (Å²) >= 11 is 0. The maximum atomic E-state index is 12.9. The normalized spacial score (nSPS) is 10.6. The molecular weight excluding hydrogens is 396 g/mol. The number of carbonyl (C=O) groups is 1. The predicted octanol–water partition coefficient (Wildman–Crippen LogP) is 5.18. The van der Waals surface area contributed by atoms with Crippen molar-refractivity contribution in [1.29, 1.82) is 0 Å². The maximum absolute atomic E-state index is 12.9. The van der Waals surface area contributed by atoms with Crippen molar-refractivity contribution in [1.82, 2.24) is 4.98 Å². The Balaban J connectivity index is 1.63. The molecule has 0 atom stereocenters. The lowest BCUT2D eigenvalue weighted by Crippen LogP contribution is -2.07. The van der Waals surface area contributed by atoms with Crippen LogP contribution in [0.2, 0.25) is 0 Å². The van der Waals surface area contributed by atoms with E-state index >= 15 is 0 Å². The number of para-hydroxylation sites is 1. The van der Waals surface area contributed by atoms with E-state index in [1.807, 2.05) is 48.5 Å². The Morgan fingerprint density at radius 2 is 1.71 bits per heavy atom. The number of nitrogens with zero attached hydrogens (tertiary/aromatic N) is 2. The van der Waals surface area contributed by atoms with E-state index in [9.17, 15) is 14.9 Å². The third-order valence-corrected chi connectivity index (χ3v) is 4.84. The summed E-state index contributed by atoms with van der Waals surface area (Å²) in [5.74, 6) is 0.235. The monoisotopic (exact) mass is 414 g/mol. The van der Waals surface area contributed by atoms with E-state index in [4.69, 9.17) is 9.47 Å². The van der Waals surface area contributed by atoms with Gasteiger partial charge in [0.1, 0.15) is 12.4 Å². The molecule has 0 saturated carbocycles. The summed E-state index contributed by atoms with van der Waals surface area (Å²) < 4.78 is 10.7. The van der Waals surface area contributed by atoms with E-state index in [1.165, 1.54) is 12.1 Å². The fraction of sp³-hybridized carbons (Fsp3) is 0.0833. The highest BCUT2D eigenvalue weighted by molar-refractivity contribution is 6.04. The standard InChI is InChI=1S/C24H18N2O5/c1-30-19-12-8-17(9-13-19)23-14-21(20-4-2-3-5-22(20)25-23)24(27)31-15-16-6-10-18(11-7-16)26(28)29/h2-14H,15H2,1H3. The van der Waals surface area contributed by atoms with Gasteiger partial charge in [0.05, 0.1) is 28.8 Å². The third kappa shape index (κ3) is 4.35. The van der Waals surface area contributed by atoms with Gasteiger partial charge in [0.15, 0.2) is 0 Å². The number of pyridine rings is 1. The molecule has 3 aromatic carbocycles. The van der Waals surface area contributed by atoms with E-state index in [2.05, 4.69) is 4.98 Å². The molecule has 1 heterocycles. The second-order valence-corrected chi connectivity index (χ2v) is 6.80. The number of nitro groups is 1. The Hall–Kier alpha value is -4.26. The van der Waals surface area contributed by atoms with Gasteiger partial charge in [-0.2, -0.15) is 0 Å². The average Bonchev–Trinajstić information content (AvgIpc) is 2.82. The lowest BCUT2D eigenvalue weighted by atomic mass is 10.0. The number of esters is 1. The molecule has 154 valence electrons. The van der Waals surface area contributed by atoms with E-state index in [0.717, 1.165) is 11.3 Å². The van der Waals surface area contributed by atoms with Gasteiger partial charge in [-0.1, -0.05) is 18.2 Å². The molecule has 0 bridgehead atoms. The number of hydrogen-bond acceptors (Lipinski definition) is 6. The van der Waals surface area contributed by atoms with Crippen LogP contribution in [-0.2, 0) is 11.3 Å². The van der Waals surface area contributed by atoms with Crippen LogP contribution in [0.4, 0.5) is 5.69 Å². The summed E-state index contributed by atoms with van der Waals surface area (Å²) in [6.45, 7) is 0.00530. The predicted molar refractivity (Wildman–Crippen MR) is 116 cm³/mol. The summed E-state index contributed by atoms with van der Waals surface area (Å²) in [5.41, 5.74) is 3.21. The molecule has 0 unspecified atom stereocenters. The van der Waals surface area contributed by atoms with Gasteiger partial charge in [-0.05, 0) is 54.1 Å². The SMILES string of the molecule is COc1ccc(-c2cc(C(=O)OCc3ccc([N+](=O)[O-])cc3)c3ccccc3n2)cc1. The summed E-state index contributed by atoms with van der Waals surface area (Å²) in [5, 5.41) is 11.5. The number of nitro benzene ring substituents is 1. The molecule has 0 spiro atoms. The first-order chi connectivity index (χ1) is 15.0. The molecule has 1 aromatic heterocycles. The van der Waals surface area contributed by atoms with Crippen molar-refractivity contribution in [3.63, 3.8) is 0 Å². The van der Waals surface area contributed by atoms with Gasteiger partial charge < -0.3 is 9.47 Å². The topological polar surface area (TPSA) is 91.6 Å². The number of aromatic nitrogens is 1. The number of benzene rings is 3. The van der Waals surface area contributed by atoms with Crippen LogP contribution in [0.5, 0.6) is 5.75 Å². The molecule has 7 heteroatoms. The second kappa shape index (κ2) is 8.62. The van der Waals surface area contributed by atoms with E-state index in [-0.39, 0.29) is 12.3 Å². The fourth-order valence-electron chi connectivity index (χ4n) is 3.19. The average molecular weight is 414 g/mol. The Morgan fingerprint density at radius 3 is 2.39 bits per heavy atom. The number of fused-ring (bicyclic) bond motifs is 1.